The van der Waals surface area contributed by atoms with Crippen molar-refractivity contribution in [2.45, 2.75) is 25.0 Å². The van der Waals surface area contributed by atoms with Crippen LogP contribution in [0.5, 0.6) is 5.75 Å². The Kier molecular flexibility index (Phi) is 5.39. The van der Waals surface area contributed by atoms with Gasteiger partial charge < -0.3 is 9.47 Å². The number of benzene rings is 1. The minimum Gasteiger partial charge on any atom is -0.496 e. The first-order valence-corrected chi connectivity index (χ1v) is 8.16. The lowest BCUT2D eigenvalue weighted by atomic mass is 10.0. The fourth-order valence-electron chi connectivity index (χ4n) is 2.22. The van der Waals surface area contributed by atoms with Gasteiger partial charge in [0.2, 0.25) is 0 Å². The largest absolute Gasteiger partial charge is 0.496 e. The van der Waals surface area contributed by atoms with Crippen LogP contribution in [0.15, 0.2) is 16.6 Å². The second-order valence-electron chi connectivity index (χ2n) is 4.31. The van der Waals surface area contributed by atoms with E-state index in [0.717, 1.165) is 29.9 Å². The molecule has 100 valence electrons. The van der Waals surface area contributed by atoms with Crippen LogP contribution in [0.4, 0.5) is 0 Å². The molecule has 1 atom stereocenters. The summed E-state index contributed by atoms with van der Waals surface area (Å²) in [5, 5.41) is 0.449. The summed E-state index contributed by atoms with van der Waals surface area (Å²) < 4.78 is 12.0. The van der Waals surface area contributed by atoms with Gasteiger partial charge >= 0.3 is 0 Å². The lowest BCUT2D eigenvalue weighted by Gasteiger charge is -2.18. The molecule has 2 nitrogen and oxygen atoms in total. The van der Waals surface area contributed by atoms with Crippen molar-refractivity contribution in [2.24, 2.45) is 0 Å². The Morgan fingerprint density at radius 2 is 2.28 bits per heavy atom. The summed E-state index contributed by atoms with van der Waals surface area (Å²) in [5.74, 6) is 2.13. The molecule has 0 aliphatic carbocycles. The van der Waals surface area contributed by atoms with E-state index in [9.17, 15) is 0 Å². The molecule has 1 heterocycles. The summed E-state index contributed by atoms with van der Waals surface area (Å²) in [5.41, 5.74) is 2.81. The lowest BCUT2D eigenvalue weighted by molar-refractivity contribution is 0.149. The van der Waals surface area contributed by atoms with E-state index in [1.165, 1.54) is 23.3 Å². The number of fused-ring (bicyclic) bond motifs is 1. The highest BCUT2D eigenvalue weighted by Gasteiger charge is 2.21. The van der Waals surface area contributed by atoms with Gasteiger partial charge in [0, 0.05) is 6.61 Å². The Labute approximate surface area is 122 Å². The summed E-state index contributed by atoms with van der Waals surface area (Å²) in [4.78, 5) is 0. The van der Waals surface area contributed by atoms with Gasteiger partial charge in [0.05, 0.1) is 23.4 Å². The minimum absolute atomic E-state index is 0.449. The third kappa shape index (κ3) is 3.22. The zero-order valence-corrected chi connectivity index (χ0v) is 13.3. The maximum atomic E-state index is 5.61. The summed E-state index contributed by atoms with van der Waals surface area (Å²) in [6.07, 6.45) is 2.36. The molecule has 0 saturated heterocycles. The second kappa shape index (κ2) is 6.83. The highest BCUT2D eigenvalue weighted by molar-refractivity contribution is 9.10. The van der Waals surface area contributed by atoms with Gasteiger partial charge in [-0.05, 0) is 64.7 Å². The van der Waals surface area contributed by atoms with Crippen LogP contribution in [-0.2, 0) is 11.2 Å². The molecule has 1 aliphatic heterocycles. The van der Waals surface area contributed by atoms with Crippen LogP contribution in [0.25, 0.3) is 0 Å². The number of aryl methyl sites for hydroxylation is 1. The van der Waals surface area contributed by atoms with Crippen LogP contribution in [0, 0.1) is 0 Å². The second-order valence-corrected chi connectivity index (χ2v) is 6.47. The molecule has 4 heteroatoms. The van der Waals surface area contributed by atoms with E-state index in [4.69, 9.17) is 9.47 Å². The Balaban J connectivity index is 2.31. The molecule has 0 N–H and O–H groups in total. The fourth-order valence-corrected chi connectivity index (χ4v) is 3.93. The maximum Gasteiger partial charge on any atom is 0.133 e. The average molecular weight is 331 g/mol. The van der Waals surface area contributed by atoms with Crippen molar-refractivity contribution in [3.63, 3.8) is 0 Å². The van der Waals surface area contributed by atoms with E-state index in [0.29, 0.717) is 5.25 Å². The normalized spacial score (nSPS) is 19.2. The first-order chi connectivity index (χ1) is 8.76. The third-order valence-corrected chi connectivity index (χ3v) is 5.08. The average Bonchev–Trinajstić information content (AvgIpc) is 2.57. The topological polar surface area (TPSA) is 18.5 Å². The molecule has 1 aromatic rings. The number of methoxy groups -OCH3 is 1. The van der Waals surface area contributed by atoms with Crippen LogP contribution in [0.1, 0.15) is 29.7 Å². The Bertz CT molecular complexity index is 409. The lowest BCUT2D eigenvalue weighted by Crippen LogP contribution is -2.06. The smallest absolute Gasteiger partial charge is 0.133 e. The summed E-state index contributed by atoms with van der Waals surface area (Å²) in [7, 11) is 1.72. The third-order valence-electron chi connectivity index (χ3n) is 3.14. The number of rotatable bonds is 4. The van der Waals surface area contributed by atoms with E-state index in [1.807, 2.05) is 18.7 Å². The molecule has 0 spiro atoms. The van der Waals surface area contributed by atoms with Crippen LogP contribution in [0.2, 0.25) is 0 Å². The molecule has 18 heavy (non-hydrogen) atoms. The van der Waals surface area contributed by atoms with Gasteiger partial charge in [0.15, 0.2) is 0 Å². The fraction of sp³-hybridized carbons (Fsp3) is 0.571. The van der Waals surface area contributed by atoms with Crippen molar-refractivity contribution in [3.8, 4) is 5.75 Å². The standard InChI is InChI=1S/C14H19BrO2S/c1-3-17-9-14-11-8-12(15)13(16-2)7-10(11)5-4-6-18-14/h7-8,14H,3-6,9H2,1-2H3. The molecule has 1 unspecified atom stereocenters. The molecule has 0 amide bonds. The first kappa shape index (κ1) is 14.2. The van der Waals surface area contributed by atoms with Crippen molar-refractivity contribution >= 4 is 27.7 Å². The molecular formula is C14H19BrO2S. The number of hydrogen-bond donors (Lipinski definition) is 0. The predicted molar refractivity (Wildman–Crippen MR) is 80.7 cm³/mol. The van der Waals surface area contributed by atoms with Gasteiger partial charge in [-0.3, -0.25) is 0 Å². The van der Waals surface area contributed by atoms with Gasteiger partial charge in [-0.2, -0.15) is 11.8 Å². The summed E-state index contributed by atoms with van der Waals surface area (Å²) in [6.45, 7) is 3.63. The van der Waals surface area contributed by atoms with Gasteiger partial charge in [-0.1, -0.05) is 0 Å². The highest BCUT2D eigenvalue weighted by Crippen LogP contribution is 2.40. The number of ether oxygens (including phenoxy) is 2. The van der Waals surface area contributed by atoms with Crippen LogP contribution >= 0.6 is 27.7 Å². The molecular weight excluding hydrogens is 312 g/mol. The van der Waals surface area contributed by atoms with E-state index in [2.05, 4.69) is 28.1 Å². The van der Waals surface area contributed by atoms with Crippen molar-refractivity contribution in [3.05, 3.63) is 27.7 Å². The highest BCUT2D eigenvalue weighted by atomic mass is 79.9. The van der Waals surface area contributed by atoms with Crippen molar-refractivity contribution in [1.82, 2.24) is 0 Å². The summed E-state index contributed by atoms with van der Waals surface area (Å²) >= 11 is 5.58. The Morgan fingerprint density at radius 1 is 1.44 bits per heavy atom. The molecule has 1 aliphatic rings. The zero-order chi connectivity index (χ0) is 13.0. The number of hydrogen-bond acceptors (Lipinski definition) is 3. The van der Waals surface area contributed by atoms with Gasteiger partial charge in [-0.15, -0.1) is 0 Å². The van der Waals surface area contributed by atoms with Gasteiger partial charge in [0.1, 0.15) is 5.75 Å². The number of halogens is 1. The van der Waals surface area contributed by atoms with Crippen LogP contribution in [-0.4, -0.2) is 26.1 Å². The predicted octanol–water partition coefficient (Wildman–Crippen LogP) is 4.21. The number of thioether (sulfide) groups is 1. The van der Waals surface area contributed by atoms with E-state index < -0.39 is 0 Å². The molecule has 1 aromatic carbocycles. The molecule has 0 bridgehead atoms. The van der Waals surface area contributed by atoms with E-state index >= 15 is 0 Å². The molecule has 2 rings (SSSR count). The molecule has 0 fully saturated rings. The van der Waals surface area contributed by atoms with Crippen molar-refractivity contribution in [1.29, 1.82) is 0 Å². The van der Waals surface area contributed by atoms with Crippen LogP contribution < -0.4 is 4.74 Å². The maximum absolute atomic E-state index is 5.61. The van der Waals surface area contributed by atoms with Crippen molar-refractivity contribution < 1.29 is 9.47 Å². The monoisotopic (exact) mass is 330 g/mol. The SMILES string of the molecule is CCOCC1SCCCc2cc(OC)c(Br)cc21. The summed E-state index contributed by atoms with van der Waals surface area (Å²) in [6, 6.07) is 4.38. The zero-order valence-electron chi connectivity index (χ0n) is 10.9. The minimum atomic E-state index is 0.449. The van der Waals surface area contributed by atoms with E-state index in [1.54, 1.807) is 7.11 Å². The van der Waals surface area contributed by atoms with Crippen molar-refractivity contribution in [2.75, 3.05) is 26.1 Å². The van der Waals surface area contributed by atoms with Gasteiger partial charge in [-0.25, -0.2) is 0 Å². The molecule has 0 aromatic heterocycles. The quantitative estimate of drug-likeness (QED) is 0.823. The van der Waals surface area contributed by atoms with E-state index in [-0.39, 0.29) is 0 Å². The Hall–Kier alpha value is -0.190. The molecule has 0 saturated carbocycles. The van der Waals surface area contributed by atoms with Gasteiger partial charge in [0.25, 0.3) is 0 Å². The molecule has 0 radical (unpaired) electrons. The first-order valence-electron chi connectivity index (χ1n) is 6.32. The Morgan fingerprint density at radius 3 is 3.00 bits per heavy atom. The van der Waals surface area contributed by atoms with Crippen LogP contribution in [0.3, 0.4) is 0 Å².